The standard InChI is InChI=1S/C17H21ClO6/c1-16(2)12-7-10(18)5-6-13(12)22-15(24-16)14(19)20-8-11-9-21-17(3,4)23-11/h5-7,11,15H,8-9H2,1-4H3. The maximum atomic E-state index is 12.3. The monoisotopic (exact) mass is 356 g/mol. The Bertz CT molecular complexity index is 642. The van der Waals surface area contributed by atoms with Gasteiger partial charge in [-0.2, -0.15) is 0 Å². The second-order valence-electron chi connectivity index (χ2n) is 6.80. The van der Waals surface area contributed by atoms with Crippen LogP contribution in [0.15, 0.2) is 18.2 Å². The van der Waals surface area contributed by atoms with Crippen LogP contribution in [0.4, 0.5) is 0 Å². The molecule has 7 heteroatoms. The van der Waals surface area contributed by atoms with Gasteiger partial charge < -0.3 is 23.7 Å². The Morgan fingerprint density at radius 2 is 2.04 bits per heavy atom. The minimum atomic E-state index is -1.14. The van der Waals surface area contributed by atoms with Crippen LogP contribution in [0, 0.1) is 0 Å². The van der Waals surface area contributed by atoms with Crippen molar-refractivity contribution < 1.29 is 28.5 Å². The van der Waals surface area contributed by atoms with Crippen molar-refractivity contribution in [2.45, 2.75) is 51.5 Å². The zero-order chi connectivity index (χ0) is 17.5. The first-order chi connectivity index (χ1) is 11.2. The zero-order valence-corrected chi connectivity index (χ0v) is 14.9. The molecule has 1 fully saturated rings. The summed E-state index contributed by atoms with van der Waals surface area (Å²) in [7, 11) is 0. The highest BCUT2D eigenvalue weighted by atomic mass is 35.5. The predicted octanol–water partition coefficient (Wildman–Crippen LogP) is 3.00. The number of rotatable bonds is 3. The molecule has 0 radical (unpaired) electrons. The molecule has 2 atom stereocenters. The molecule has 1 aromatic carbocycles. The lowest BCUT2D eigenvalue weighted by atomic mass is 9.96. The summed E-state index contributed by atoms with van der Waals surface area (Å²) in [6.45, 7) is 7.78. The zero-order valence-electron chi connectivity index (χ0n) is 14.1. The average Bonchev–Trinajstić information content (AvgIpc) is 2.84. The molecular formula is C17H21ClO6. The van der Waals surface area contributed by atoms with Gasteiger partial charge in [0.15, 0.2) is 5.79 Å². The molecular weight excluding hydrogens is 336 g/mol. The molecule has 1 saturated heterocycles. The van der Waals surface area contributed by atoms with Gasteiger partial charge in [-0.05, 0) is 45.9 Å². The van der Waals surface area contributed by atoms with Gasteiger partial charge in [0.05, 0.1) is 12.2 Å². The van der Waals surface area contributed by atoms with Gasteiger partial charge in [-0.25, -0.2) is 4.79 Å². The fraction of sp³-hybridized carbons (Fsp3) is 0.588. The van der Waals surface area contributed by atoms with Crippen molar-refractivity contribution in [3.8, 4) is 5.75 Å². The van der Waals surface area contributed by atoms with Crippen LogP contribution in [0.1, 0.15) is 33.3 Å². The maximum absolute atomic E-state index is 12.3. The fourth-order valence-corrected chi connectivity index (χ4v) is 2.90. The van der Waals surface area contributed by atoms with Crippen LogP contribution in [0.3, 0.4) is 0 Å². The SMILES string of the molecule is CC1(C)OCC(COC(=O)C2Oc3ccc(Cl)cc3C(C)(C)O2)O1. The lowest BCUT2D eigenvalue weighted by Crippen LogP contribution is -2.43. The Morgan fingerprint density at radius 1 is 1.29 bits per heavy atom. The van der Waals surface area contributed by atoms with Crippen molar-refractivity contribution in [2.75, 3.05) is 13.2 Å². The molecule has 1 aromatic rings. The quantitative estimate of drug-likeness (QED) is 0.776. The van der Waals surface area contributed by atoms with E-state index in [9.17, 15) is 4.79 Å². The second kappa shape index (κ2) is 6.19. The van der Waals surface area contributed by atoms with E-state index in [4.69, 9.17) is 35.3 Å². The third-order valence-electron chi connectivity index (χ3n) is 3.90. The third-order valence-corrected chi connectivity index (χ3v) is 4.13. The Balaban J connectivity index is 1.63. The lowest BCUT2D eigenvalue weighted by molar-refractivity contribution is -0.213. The number of fused-ring (bicyclic) bond motifs is 1. The molecule has 0 aliphatic carbocycles. The molecule has 0 saturated carbocycles. The van der Waals surface area contributed by atoms with E-state index in [0.29, 0.717) is 17.4 Å². The van der Waals surface area contributed by atoms with E-state index in [-0.39, 0.29) is 12.7 Å². The van der Waals surface area contributed by atoms with Crippen molar-refractivity contribution in [3.63, 3.8) is 0 Å². The van der Waals surface area contributed by atoms with Gasteiger partial charge in [-0.1, -0.05) is 11.6 Å². The van der Waals surface area contributed by atoms with Gasteiger partial charge in [-0.15, -0.1) is 0 Å². The van der Waals surface area contributed by atoms with Gasteiger partial charge in [0.25, 0.3) is 6.29 Å². The smallest absolute Gasteiger partial charge is 0.376 e. The molecule has 3 rings (SSSR count). The molecule has 2 aliphatic rings. The van der Waals surface area contributed by atoms with Crippen molar-refractivity contribution in [1.29, 1.82) is 0 Å². The summed E-state index contributed by atoms with van der Waals surface area (Å²) in [6.07, 6.45) is -1.43. The highest BCUT2D eigenvalue weighted by molar-refractivity contribution is 6.30. The molecule has 0 bridgehead atoms. The van der Waals surface area contributed by atoms with Crippen LogP contribution in [0.5, 0.6) is 5.75 Å². The first-order valence-electron chi connectivity index (χ1n) is 7.79. The van der Waals surface area contributed by atoms with Gasteiger partial charge in [-0.3, -0.25) is 0 Å². The van der Waals surface area contributed by atoms with Gasteiger partial charge >= 0.3 is 5.97 Å². The molecule has 0 amide bonds. The molecule has 24 heavy (non-hydrogen) atoms. The summed E-state index contributed by atoms with van der Waals surface area (Å²) in [5, 5.41) is 0.580. The van der Waals surface area contributed by atoms with Crippen LogP contribution >= 0.6 is 11.6 Å². The number of hydrogen-bond donors (Lipinski definition) is 0. The highest BCUT2D eigenvalue weighted by Gasteiger charge is 2.40. The van der Waals surface area contributed by atoms with E-state index in [0.717, 1.165) is 5.56 Å². The molecule has 132 valence electrons. The Labute approximate surface area is 145 Å². The largest absolute Gasteiger partial charge is 0.458 e. The fourth-order valence-electron chi connectivity index (χ4n) is 2.73. The van der Waals surface area contributed by atoms with E-state index >= 15 is 0 Å². The summed E-state index contributed by atoms with van der Waals surface area (Å²) in [5.74, 6) is -0.703. The lowest BCUT2D eigenvalue weighted by Gasteiger charge is -2.36. The third kappa shape index (κ3) is 3.67. The van der Waals surface area contributed by atoms with Crippen LogP contribution in [-0.2, 0) is 29.3 Å². The number of carbonyl (C=O) groups excluding carboxylic acids is 1. The summed E-state index contributed by atoms with van der Waals surface area (Å²) >= 11 is 6.02. The minimum Gasteiger partial charge on any atom is -0.458 e. The van der Waals surface area contributed by atoms with Crippen LogP contribution in [-0.4, -0.2) is 37.4 Å². The van der Waals surface area contributed by atoms with Gasteiger partial charge in [0, 0.05) is 10.6 Å². The van der Waals surface area contributed by atoms with Crippen molar-refractivity contribution in [1.82, 2.24) is 0 Å². The number of benzene rings is 1. The van der Waals surface area contributed by atoms with E-state index < -0.39 is 23.6 Å². The Hall–Kier alpha value is -1.34. The first kappa shape index (κ1) is 17.5. The number of esters is 1. The molecule has 0 spiro atoms. The maximum Gasteiger partial charge on any atom is 0.376 e. The van der Waals surface area contributed by atoms with Crippen LogP contribution in [0.25, 0.3) is 0 Å². The van der Waals surface area contributed by atoms with E-state index in [1.807, 2.05) is 27.7 Å². The van der Waals surface area contributed by atoms with Crippen LogP contribution < -0.4 is 4.74 Å². The normalized spacial score (nSPS) is 27.2. The number of halogens is 1. The van der Waals surface area contributed by atoms with Gasteiger partial charge in [0.2, 0.25) is 0 Å². The number of hydrogen-bond acceptors (Lipinski definition) is 6. The van der Waals surface area contributed by atoms with Gasteiger partial charge in [0.1, 0.15) is 18.5 Å². The van der Waals surface area contributed by atoms with Crippen molar-refractivity contribution in [3.05, 3.63) is 28.8 Å². The van der Waals surface area contributed by atoms with E-state index in [2.05, 4.69) is 0 Å². The minimum absolute atomic E-state index is 0.0827. The molecule has 0 N–H and O–H groups in total. The highest BCUT2D eigenvalue weighted by Crippen LogP contribution is 2.40. The number of carbonyl (C=O) groups is 1. The van der Waals surface area contributed by atoms with Crippen LogP contribution in [0.2, 0.25) is 5.02 Å². The van der Waals surface area contributed by atoms with E-state index in [1.165, 1.54) is 0 Å². The Kier molecular flexibility index (Phi) is 4.51. The Morgan fingerprint density at radius 3 is 2.71 bits per heavy atom. The molecule has 2 heterocycles. The predicted molar refractivity (Wildman–Crippen MR) is 85.8 cm³/mol. The average molecular weight is 357 g/mol. The summed E-state index contributed by atoms with van der Waals surface area (Å²) in [5.41, 5.74) is 0.0604. The van der Waals surface area contributed by atoms with E-state index in [1.54, 1.807) is 18.2 Å². The topological polar surface area (TPSA) is 63.2 Å². The number of ether oxygens (including phenoxy) is 5. The summed E-state index contributed by atoms with van der Waals surface area (Å²) in [4.78, 5) is 12.3. The summed E-state index contributed by atoms with van der Waals surface area (Å²) < 4.78 is 27.7. The molecule has 2 aliphatic heterocycles. The molecule has 6 nitrogen and oxygen atoms in total. The first-order valence-corrected chi connectivity index (χ1v) is 8.17. The molecule has 0 aromatic heterocycles. The van der Waals surface area contributed by atoms with Crippen molar-refractivity contribution in [2.24, 2.45) is 0 Å². The second-order valence-corrected chi connectivity index (χ2v) is 7.24. The van der Waals surface area contributed by atoms with Crippen molar-refractivity contribution >= 4 is 17.6 Å². The molecule has 2 unspecified atom stereocenters. The summed E-state index contributed by atoms with van der Waals surface area (Å²) in [6, 6.07) is 5.19.